The highest BCUT2D eigenvalue weighted by atomic mass is 35.5. The van der Waals surface area contributed by atoms with E-state index in [0.29, 0.717) is 15.8 Å². The van der Waals surface area contributed by atoms with Crippen molar-refractivity contribution in [1.29, 1.82) is 0 Å². The number of halogens is 2. The quantitative estimate of drug-likeness (QED) is 0.451. The normalized spacial score (nSPS) is 12.3. The van der Waals surface area contributed by atoms with E-state index < -0.39 is 17.4 Å². The van der Waals surface area contributed by atoms with Gasteiger partial charge in [-0.1, -0.05) is 23.2 Å². The van der Waals surface area contributed by atoms with Gasteiger partial charge in [0.1, 0.15) is 18.5 Å². The molecule has 0 bridgehead atoms. The second-order valence-electron chi connectivity index (χ2n) is 6.61. The van der Waals surface area contributed by atoms with E-state index in [-0.39, 0.29) is 43.4 Å². The fraction of sp³-hybridized carbons (Fsp3) is 0.389. The highest BCUT2D eigenvalue weighted by Crippen LogP contribution is 2.27. The number of aromatic nitrogens is 4. The van der Waals surface area contributed by atoms with E-state index in [1.165, 1.54) is 29.3 Å². The van der Waals surface area contributed by atoms with Crippen molar-refractivity contribution >= 4 is 40.3 Å². The summed E-state index contributed by atoms with van der Waals surface area (Å²) in [6.45, 7) is -0.166. The molecule has 3 N–H and O–H groups in total. The van der Waals surface area contributed by atoms with Gasteiger partial charge in [0.15, 0.2) is 11.2 Å². The number of aliphatic hydroxyl groups excluding tert-OH is 2. The van der Waals surface area contributed by atoms with Crippen LogP contribution in [0.15, 0.2) is 27.8 Å². The summed E-state index contributed by atoms with van der Waals surface area (Å²) in [5, 5.41) is 23.3. The number of imidazole rings is 1. The van der Waals surface area contributed by atoms with Crippen LogP contribution < -0.4 is 21.3 Å². The third-order valence-electron chi connectivity index (χ3n) is 4.46. The first-order chi connectivity index (χ1) is 14.2. The average molecular weight is 458 g/mol. The third-order valence-corrected chi connectivity index (χ3v) is 4.99. The van der Waals surface area contributed by atoms with Gasteiger partial charge in [0, 0.05) is 25.7 Å². The number of hydrogen-bond acceptors (Lipinski definition) is 7. The second kappa shape index (κ2) is 9.09. The summed E-state index contributed by atoms with van der Waals surface area (Å²) in [7, 11) is 2.86. The van der Waals surface area contributed by atoms with Crippen molar-refractivity contribution in [2.45, 2.75) is 12.6 Å². The number of nitrogens with one attached hydrogen (secondary N) is 1. The van der Waals surface area contributed by atoms with Crippen molar-refractivity contribution in [2.75, 3.05) is 25.1 Å². The van der Waals surface area contributed by atoms with Gasteiger partial charge in [-0.15, -0.1) is 0 Å². The maximum absolute atomic E-state index is 12.7. The number of benzene rings is 1. The Balaban J connectivity index is 1.93. The van der Waals surface area contributed by atoms with Crippen LogP contribution in [-0.2, 0) is 20.6 Å². The van der Waals surface area contributed by atoms with Crippen LogP contribution >= 0.6 is 23.2 Å². The Morgan fingerprint density at radius 2 is 1.97 bits per heavy atom. The van der Waals surface area contributed by atoms with Gasteiger partial charge in [-0.3, -0.25) is 13.9 Å². The van der Waals surface area contributed by atoms with Crippen molar-refractivity contribution in [3.05, 3.63) is 49.1 Å². The Labute approximate surface area is 180 Å². The van der Waals surface area contributed by atoms with Crippen LogP contribution in [0.5, 0.6) is 5.75 Å². The molecule has 1 unspecified atom stereocenters. The lowest BCUT2D eigenvalue weighted by Gasteiger charge is -2.16. The molecule has 10 nitrogen and oxygen atoms in total. The van der Waals surface area contributed by atoms with E-state index in [1.54, 1.807) is 12.1 Å². The number of fused-ring (bicyclic) bond motifs is 1. The van der Waals surface area contributed by atoms with Crippen molar-refractivity contribution in [1.82, 2.24) is 18.7 Å². The SMILES string of the molecule is Cn1c(=O)c2c(nc(NCCO)n2CC(O)COc2ccc(Cl)cc2Cl)n(C)c1=O. The molecule has 0 amide bonds. The van der Waals surface area contributed by atoms with Gasteiger partial charge in [0.05, 0.1) is 18.2 Å². The molecule has 0 aliphatic rings. The van der Waals surface area contributed by atoms with Gasteiger partial charge in [-0.25, -0.2) is 4.79 Å². The molecule has 3 rings (SSSR count). The molecule has 0 aliphatic carbocycles. The van der Waals surface area contributed by atoms with E-state index >= 15 is 0 Å². The zero-order valence-electron chi connectivity index (χ0n) is 16.3. The summed E-state index contributed by atoms with van der Waals surface area (Å²) in [5.41, 5.74) is -0.764. The van der Waals surface area contributed by atoms with Crippen LogP contribution in [0.25, 0.3) is 11.2 Å². The fourth-order valence-corrected chi connectivity index (χ4v) is 3.43. The summed E-state index contributed by atoms with van der Waals surface area (Å²) in [6.07, 6.45) is -1.04. The Hall–Kier alpha value is -2.53. The van der Waals surface area contributed by atoms with Crippen LogP contribution in [-0.4, -0.2) is 54.8 Å². The number of aryl methyl sites for hydroxylation is 1. The molecule has 3 aromatic rings. The van der Waals surface area contributed by atoms with Gasteiger partial charge in [0.25, 0.3) is 5.56 Å². The van der Waals surface area contributed by atoms with Crippen LogP contribution in [0, 0.1) is 0 Å². The monoisotopic (exact) mass is 457 g/mol. The van der Waals surface area contributed by atoms with Gasteiger partial charge in [0.2, 0.25) is 5.95 Å². The van der Waals surface area contributed by atoms with Crippen LogP contribution in [0.1, 0.15) is 0 Å². The average Bonchev–Trinajstić information content (AvgIpc) is 3.06. The maximum Gasteiger partial charge on any atom is 0.332 e. The summed E-state index contributed by atoms with van der Waals surface area (Å²) < 4.78 is 9.23. The largest absolute Gasteiger partial charge is 0.489 e. The second-order valence-corrected chi connectivity index (χ2v) is 7.46. The Kier molecular flexibility index (Phi) is 6.71. The lowest BCUT2D eigenvalue weighted by Crippen LogP contribution is -2.38. The molecular formula is C18H21Cl2N5O5. The van der Waals surface area contributed by atoms with Crippen LogP contribution in [0.3, 0.4) is 0 Å². The third kappa shape index (κ3) is 4.31. The van der Waals surface area contributed by atoms with E-state index in [4.69, 9.17) is 33.0 Å². The van der Waals surface area contributed by atoms with Gasteiger partial charge in [-0.05, 0) is 18.2 Å². The fourth-order valence-electron chi connectivity index (χ4n) is 2.97. The number of nitrogens with zero attached hydrogens (tertiary/aromatic N) is 4. The highest BCUT2D eigenvalue weighted by Gasteiger charge is 2.21. The molecule has 12 heteroatoms. The number of rotatable bonds is 8. The zero-order chi connectivity index (χ0) is 22.0. The molecule has 1 atom stereocenters. The first kappa shape index (κ1) is 22.2. The summed E-state index contributed by atoms with van der Waals surface area (Å²) in [4.78, 5) is 29.2. The lowest BCUT2D eigenvalue weighted by atomic mass is 10.3. The van der Waals surface area contributed by atoms with Crippen molar-refractivity contribution in [3.63, 3.8) is 0 Å². The molecular weight excluding hydrogens is 437 g/mol. The van der Waals surface area contributed by atoms with Crippen molar-refractivity contribution in [3.8, 4) is 5.75 Å². The standard InChI is InChI=1S/C18H21Cl2N5O5/c1-23-15-14(16(28)24(2)18(23)29)25(17(22-15)21-5-6-26)8-11(27)9-30-13-4-3-10(19)7-12(13)20/h3-4,7,11,26-27H,5-6,8-9H2,1-2H3,(H,21,22). The number of ether oxygens (including phenoxy) is 1. The van der Waals surface area contributed by atoms with Gasteiger partial charge in [-0.2, -0.15) is 4.98 Å². The zero-order valence-corrected chi connectivity index (χ0v) is 17.8. The molecule has 0 aliphatic heterocycles. The molecule has 30 heavy (non-hydrogen) atoms. The lowest BCUT2D eigenvalue weighted by molar-refractivity contribution is 0.0938. The van der Waals surface area contributed by atoms with Gasteiger partial charge < -0.3 is 24.8 Å². The predicted octanol–water partition coefficient (Wildman–Crippen LogP) is 0.585. The molecule has 0 saturated heterocycles. The molecule has 2 aromatic heterocycles. The van der Waals surface area contributed by atoms with Crippen LogP contribution in [0.2, 0.25) is 10.0 Å². The Morgan fingerprint density at radius 3 is 2.63 bits per heavy atom. The van der Waals surface area contributed by atoms with Crippen LogP contribution in [0.4, 0.5) is 5.95 Å². The summed E-state index contributed by atoms with van der Waals surface area (Å²) in [6, 6.07) is 4.72. The molecule has 0 radical (unpaired) electrons. The van der Waals surface area contributed by atoms with Crippen molar-refractivity contribution < 1.29 is 14.9 Å². The molecule has 162 valence electrons. The predicted molar refractivity (Wildman–Crippen MR) is 114 cm³/mol. The minimum atomic E-state index is -1.04. The van der Waals surface area contributed by atoms with Crippen molar-refractivity contribution in [2.24, 2.45) is 14.1 Å². The Bertz CT molecular complexity index is 1190. The minimum Gasteiger partial charge on any atom is -0.489 e. The van der Waals surface area contributed by atoms with E-state index in [1.807, 2.05) is 0 Å². The maximum atomic E-state index is 12.7. The number of aliphatic hydroxyl groups is 2. The first-order valence-electron chi connectivity index (χ1n) is 9.01. The van der Waals surface area contributed by atoms with Gasteiger partial charge >= 0.3 is 5.69 Å². The van der Waals surface area contributed by atoms with E-state index in [9.17, 15) is 14.7 Å². The molecule has 1 aromatic carbocycles. The summed E-state index contributed by atoms with van der Waals surface area (Å²) >= 11 is 11.9. The number of hydrogen-bond donors (Lipinski definition) is 3. The molecule has 2 heterocycles. The summed E-state index contributed by atoms with van der Waals surface area (Å²) in [5.74, 6) is 0.591. The molecule has 0 spiro atoms. The Morgan fingerprint density at radius 1 is 1.23 bits per heavy atom. The molecule has 0 fully saturated rings. The minimum absolute atomic E-state index is 0.0527. The topological polar surface area (TPSA) is 124 Å². The number of anilines is 1. The highest BCUT2D eigenvalue weighted by molar-refractivity contribution is 6.35. The van der Waals surface area contributed by atoms with E-state index in [2.05, 4.69) is 10.3 Å². The first-order valence-corrected chi connectivity index (χ1v) is 9.77. The smallest absolute Gasteiger partial charge is 0.332 e. The van der Waals surface area contributed by atoms with E-state index in [0.717, 1.165) is 4.57 Å². The molecule has 0 saturated carbocycles.